The molecule has 0 bridgehead atoms. The van der Waals surface area contributed by atoms with Crippen molar-refractivity contribution >= 4 is 33.3 Å². The van der Waals surface area contributed by atoms with Crippen LogP contribution in [0.5, 0.6) is 5.75 Å². The lowest BCUT2D eigenvalue weighted by atomic mass is 9.93. The Balaban J connectivity index is 1.20. The number of halogens is 2. The number of thiophene rings is 1. The van der Waals surface area contributed by atoms with E-state index in [0.717, 1.165) is 62.4 Å². The van der Waals surface area contributed by atoms with E-state index in [1.165, 1.54) is 43.0 Å². The number of nitrogens with one attached hydrogen (secondary N) is 1. The van der Waals surface area contributed by atoms with Crippen LogP contribution in [0.1, 0.15) is 75.7 Å². The average molecular weight is 692 g/mol. The summed E-state index contributed by atoms with van der Waals surface area (Å²) in [6.07, 6.45) is 5.81. The number of hydrogen-bond acceptors (Lipinski definition) is 10. The van der Waals surface area contributed by atoms with Gasteiger partial charge in [-0.15, -0.1) is 21.5 Å². The third-order valence-corrected chi connectivity index (χ3v) is 11.1. The van der Waals surface area contributed by atoms with Crippen molar-refractivity contribution in [3.63, 3.8) is 0 Å². The highest BCUT2D eigenvalue weighted by atomic mass is 32.1. The van der Waals surface area contributed by atoms with Gasteiger partial charge in [0.25, 0.3) is 5.91 Å². The lowest BCUT2D eigenvalue weighted by molar-refractivity contribution is 0.0776. The maximum absolute atomic E-state index is 14.5. The lowest BCUT2D eigenvalue weighted by Gasteiger charge is -2.16. The average Bonchev–Trinajstić information content (AvgIpc) is 3.96. The molecule has 10 nitrogen and oxygen atoms in total. The first-order valence-corrected chi connectivity index (χ1v) is 17.5. The third-order valence-electron chi connectivity index (χ3n) is 10.0. The van der Waals surface area contributed by atoms with Gasteiger partial charge < -0.3 is 19.4 Å². The van der Waals surface area contributed by atoms with Crippen LogP contribution in [0.25, 0.3) is 32.1 Å². The van der Waals surface area contributed by atoms with Crippen LogP contribution in [-0.2, 0) is 19.3 Å². The fourth-order valence-corrected chi connectivity index (χ4v) is 8.85. The number of pyridine rings is 1. The van der Waals surface area contributed by atoms with Gasteiger partial charge in [-0.25, -0.2) is 18.7 Å². The lowest BCUT2D eigenvalue weighted by Crippen LogP contribution is -2.22. The van der Waals surface area contributed by atoms with Crippen LogP contribution in [0.15, 0.2) is 53.2 Å². The van der Waals surface area contributed by atoms with Crippen molar-refractivity contribution in [1.82, 2.24) is 30.0 Å². The summed E-state index contributed by atoms with van der Waals surface area (Å²) in [5.41, 5.74) is 6.17. The van der Waals surface area contributed by atoms with E-state index in [1.54, 1.807) is 25.1 Å². The van der Waals surface area contributed by atoms with Crippen molar-refractivity contribution in [2.24, 2.45) is 0 Å². The number of aromatic nitrogens is 5. The molecule has 9 rings (SSSR count). The van der Waals surface area contributed by atoms with E-state index in [2.05, 4.69) is 25.5 Å². The molecule has 2 aliphatic heterocycles. The highest BCUT2D eigenvalue weighted by Gasteiger charge is 2.45. The summed E-state index contributed by atoms with van der Waals surface area (Å²) < 4.78 is 39.7. The molecule has 0 spiro atoms. The fraction of sp³-hybridized carbons (Fsp3) is 0.297. The number of ether oxygens (including phenoxy) is 1. The highest BCUT2D eigenvalue weighted by molar-refractivity contribution is 7.22. The second-order valence-corrected chi connectivity index (χ2v) is 13.9. The molecule has 1 N–H and O–H groups in total. The Hall–Kier alpha value is -5.30. The second kappa shape index (κ2) is 11.9. The van der Waals surface area contributed by atoms with Gasteiger partial charge in [0.1, 0.15) is 22.8 Å². The smallest absolute Gasteiger partial charge is 0.257 e. The van der Waals surface area contributed by atoms with Gasteiger partial charge in [-0.3, -0.25) is 9.78 Å². The van der Waals surface area contributed by atoms with Crippen molar-refractivity contribution in [2.45, 2.75) is 57.5 Å². The number of anilines is 1. The van der Waals surface area contributed by atoms with Gasteiger partial charge in [-0.05, 0) is 73.9 Å². The molecule has 13 heteroatoms. The largest absolute Gasteiger partial charge is 0.493 e. The molecule has 1 amide bonds. The van der Waals surface area contributed by atoms with Crippen molar-refractivity contribution < 1.29 is 22.7 Å². The number of amides is 1. The molecular formula is C37H31F2N7O3S. The number of fused-ring (bicyclic) bond motifs is 5. The van der Waals surface area contributed by atoms with Crippen LogP contribution in [0.2, 0.25) is 0 Å². The molecule has 1 saturated heterocycles. The zero-order valence-corrected chi connectivity index (χ0v) is 28.1. The minimum absolute atomic E-state index is 0.0572. The molecule has 252 valence electrons. The predicted octanol–water partition coefficient (Wildman–Crippen LogP) is 7.57. The molecule has 1 fully saturated rings. The Morgan fingerprint density at radius 3 is 2.70 bits per heavy atom. The molecule has 50 heavy (non-hydrogen) atoms. The van der Waals surface area contributed by atoms with Crippen molar-refractivity contribution in [3.8, 4) is 27.6 Å². The summed E-state index contributed by atoms with van der Waals surface area (Å²) in [4.78, 5) is 32.1. The number of carbonyl (C=O) groups excluding carboxylic acids is 1. The van der Waals surface area contributed by atoms with Crippen LogP contribution in [0.4, 0.5) is 14.6 Å². The van der Waals surface area contributed by atoms with Crippen LogP contribution in [0, 0.1) is 18.6 Å². The standard InChI is InChI=1S/C37H31F2N7O3S/c1-18-44-45-35(49-18)29-26(13-7-19-5-8-20(38)9-6-19)42-32-27-4-3-15-46(27)37(47)31(32)30(29)28-16-23-34(40-17-41-36(23)50-28)43-25-14-11-22-21(25)10-12-24(39)33(22)48-2/h5-6,8-10,12,16-17,25,27H,3-4,7,11,13-15H2,1-2H3,(H,40,41,43)/t25?,27-/m1/s1. The number of hydrogen-bond donors (Lipinski definition) is 1. The number of aryl methyl sites for hydroxylation is 3. The van der Waals surface area contributed by atoms with E-state index in [9.17, 15) is 13.6 Å². The SMILES string of the molecule is COc1c(F)ccc2c1CCC2Nc1ncnc2sc(-c3c4c(nc(CCc5ccc(F)cc5)c3-c3nnc(C)o3)[C@H]3CCCN3C4=O)cc12. The molecule has 0 saturated carbocycles. The van der Waals surface area contributed by atoms with Crippen LogP contribution >= 0.6 is 11.3 Å². The van der Waals surface area contributed by atoms with Gasteiger partial charge in [0, 0.05) is 29.5 Å². The van der Waals surface area contributed by atoms with Crippen molar-refractivity contribution in [1.29, 1.82) is 0 Å². The first-order chi connectivity index (χ1) is 24.4. The summed E-state index contributed by atoms with van der Waals surface area (Å²) in [6, 6.07) is 11.5. The van der Waals surface area contributed by atoms with E-state index >= 15 is 0 Å². The summed E-state index contributed by atoms with van der Waals surface area (Å²) in [6.45, 7) is 2.40. The topological polar surface area (TPSA) is 119 Å². The summed E-state index contributed by atoms with van der Waals surface area (Å²) >= 11 is 1.46. The van der Waals surface area contributed by atoms with Crippen LogP contribution < -0.4 is 10.1 Å². The predicted molar refractivity (Wildman–Crippen MR) is 183 cm³/mol. The first kappa shape index (κ1) is 30.7. The summed E-state index contributed by atoms with van der Waals surface area (Å²) in [5.74, 6) is 0.885. The fourth-order valence-electron chi connectivity index (χ4n) is 7.79. The van der Waals surface area contributed by atoms with E-state index in [-0.39, 0.29) is 41.3 Å². The Kier molecular flexibility index (Phi) is 7.34. The van der Waals surface area contributed by atoms with Crippen LogP contribution in [0.3, 0.4) is 0 Å². The van der Waals surface area contributed by atoms with E-state index in [4.69, 9.17) is 14.1 Å². The second-order valence-electron chi connectivity index (χ2n) is 12.9. The summed E-state index contributed by atoms with van der Waals surface area (Å²) in [7, 11) is 1.49. The Morgan fingerprint density at radius 2 is 1.90 bits per heavy atom. The van der Waals surface area contributed by atoms with Gasteiger partial charge in [0.15, 0.2) is 11.6 Å². The van der Waals surface area contributed by atoms with Gasteiger partial charge in [0.2, 0.25) is 11.8 Å². The first-order valence-electron chi connectivity index (χ1n) is 16.7. The molecule has 1 unspecified atom stereocenters. The quantitative estimate of drug-likeness (QED) is 0.172. The molecule has 6 aromatic rings. The molecule has 2 aromatic carbocycles. The zero-order valence-electron chi connectivity index (χ0n) is 27.3. The molecule has 3 aliphatic rings. The number of benzene rings is 2. The third kappa shape index (κ3) is 4.93. The van der Waals surface area contributed by atoms with Gasteiger partial charge in [-0.1, -0.05) is 18.2 Å². The zero-order chi connectivity index (χ0) is 34.1. The van der Waals surface area contributed by atoms with Crippen LogP contribution in [-0.4, -0.2) is 49.6 Å². The molecule has 2 atom stereocenters. The number of methoxy groups -OCH3 is 1. The maximum Gasteiger partial charge on any atom is 0.257 e. The van der Waals surface area contributed by atoms with E-state index < -0.39 is 0 Å². The molecule has 1 aliphatic carbocycles. The highest BCUT2D eigenvalue weighted by Crippen LogP contribution is 2.50. The maximum atomic E-state index is 14.5. The molecule has 6 heterocycles. The van der Waals surface area contributed by atoms with E-state index in [1.807, 2.05) is 11.0 Å². The van der Waals surface area contributed by atoms with E-state index in [0.29, 0.717) is 54.2 Å². The number of nitrogens with zero attached hydrogens (tertiary/aromatic N) is 6. The van der Waals surface area contributed by atoms with Crippen molar-refractivity contribution in [3.05, 3.63) is 100.0 Å². The van der Waals surface area contributed by atoms with Gasteiger partial charge >= 0.3 is 0 Å². The molecular weight excluding hydrogens is 661 g/mol. The molecule has 4 aromatic heterocycles. The molecule has 0 radical (unpaired) electrons. The summed E-state index contributed by atoms with van der Waals surface area (Å²) in [5, 5.41) is 13.0. The van der Waals surface area contributed by atoms with Gasteiger partial charge in [0.05, 0.1) is 47.1 Å². The normalized spacial score (nSPS) is 17.8. The minimum atomic E-state index is -0.372. The van der Waals surface area contributed by atoms with Gasteiger partial charge in [-0.2, -0.15) is 0 Å². The Labute approximate surface area is 289 Å². The monoisotopic (exact) mass is 691 g/mol. The number of rotatable bonds is 8. The number of carbonyl (C=O) groups is 1. The Bertz CT molecular complexity index is 2320. The Morgan fingerprint density at radius 1 is 1.04 bits per heavy atom. The minimum Gasteiger partial charge on any atom is -0.493 e. The van der Waals surface area contributed by atoms with Crippen molar-refractivity contribution in [2.75, 3.05) is 19.0 Å².